The van der Waals surface area contributed by atoms with Crippen molar-refractivity contribution in [2.24, 2.45) is 16.7 Å². The summed E-state index contributed by atoms with van der Waals surface area (Å²) in [5.74, 6) is 0.693. The molecule has 152 valence electrons. The lowest BCUT2D eigenvalue weighted by Crippen LogP contribution is -2.64. The maximum atomic E-state index is 14.4. The molecule has 3 nitrogen and oxygen atoms in total. The molecule has 6 rings (SSSR count). The lowest BCUT2D eigenvalue weighted by atomic mass is 9.38. The van der Waals surface area contributed by atoms with E-state index in [1.54, 1.807) is 0 Å². The first-order chi connectivity index (χ1) is 13.5. The van der Waals surface area contributed by atoms with Crippen LogP contribution in [0.1, 0.15) is 63.9 Å². The Morgan fingerprint density at radius 2 is 2.00 bits per heavy atom. The van der Waals surface area contributed by atoms with Crippen molar-refractivity contribution in [1.82, 2.24) is 10.6 Å². The number of alkyl halides is 1. The van der Waals surface area contributed by atoms with Crippen LogP contribution in [-0.4, -0.2) is 31.2 Å². The predicted molar refractivity (Wildman–Crippen MR) is 109 cm³/mol. The molecule has 1 amide bonds. The van der Waals surface area contributed by atoms with Crippen LogP contribution in [-0.2, 0) is 10.2 Å². The summed E-state index contributed by atoms with van der Waals surface area (Å²) in [4.78, 5) is 13.6. The maximum Gasteiger partial charge on any atom is 0.226 e. The van der Waals surface area contributed by atoms with Crippen molar-refractivity contribution in [2.75, 3.05) is 13.2 Å². The number of hydrogen-bond acceptors (Lipinski definition) is 2. The smallest absolute Gasteiger partial charge is 0.226 e. The maximum absolute atomic E-state index is 14.4. The van der Waals surface area contributed by atoms with Gasteiger partial charge in [-0.15, -0.1) is 0 Å². The van der Waals surface area contributed by atoms with Gasteiger partial charge in [0.25, 0.3) is 0 Å². The van der Waals surface area contributed by atoms with Gasteiger partial charge in [0.05, 0.1) is 12.1 Å². The minimum Gasteiger partial charge on any atom is -0.353 e. The molecule has 1 aliphatic heterocycles. The second-order valence-corrected chi connectivity index (χ2v) is 10.6. The van der Waals surface area contributed by atoms with E-state index >= 15 is 0 Å². The van der Waals surface area contributed by atoms with E-state index < -0.39 is 0 Å². The molecule has 1 saturated heterocycles. The molecule has 4 bridgehead atoms. The highest BCUT2D eigenvalue weighted by Gasteiger charge is 2.66. The summed E-state index contributed by atoms with van der Waals surface area (Å²) in [5.41, 5.74) is 0.624. The monoisotopic (exact) mass is 384 g/mol. The summed E-state index contributed by atoms with van der Waals surface area (Å²) in [7, 11) is 0. The Kier molecular flexibility index (Phi) is 4.35. The summed E-state index contributed by atoms with van der Waals surface area (Å²) in [6.45, 7) is 2.87. The third-order valence-electron chi connectivity index (χ3n) is 8.29. The summed E-state index contributed by atoms with van der Waals surface area (Å²) < 4.78 is 14.4. The molecule has 4 saturated carbocycles. The van der Waals surface area contributed by atoms with Gasteiger partial charge in [0.15, 0.2) is 0 Å². The minimum atomic E-state index is -0.380. The van der Waals surface area contributed by atoms with Crippen molar-refractivity contribution in [1.29, 1.82) is 0 Å². The fraction of sp³-hybridized carbons (Fsp3) is 0.708. The van der Waals surface area contributed by atoms with Crippen LogP contribution in [0, 0.1) is 16.7 Å². The van der Waals surface area contributed by atoms with Crippen molar-refractivity contribution < 1.29 is 9.18 Å². The highest BCUT2D eigenvalue weighted by Crippen LogP contribution is 2.70. The molecular weight excluding hydrogens is 351 g/mol. The van der Waals surface area contributed by atoms with Gasteiger partial charge < -0.3 is 10.6 Å². The SMILES string of the molecule is C[C@H]1C[C@@H](NC(=O)C23CC4C[C@@](CF)(C2)C[C@](c2ccccc2)(C4)C3)CCN1. The number of piperidine rings is 1. The number of carbonyl (C=O) groups excluding carboxylic acids is 1. The van der Waals surface area contributed by atoms with E-state index in [-0.39, 0.29) is 34.9 Å². The van der Waals surface area contributed by atoms with Gasteiger partial charge in [-0.25, -0.2) is 0 Å². The molecule has 5 aliphatic rings. The van der Waals surface area contributed by atoms with Crippen LogP contribution in [0.3, 0.4) is 0 Å². The molecule has 1 aromatic carbocycles. The fourth-order valence-corrected chi connectivity index (χ4v) is 7.76. The Morgan fingerprint density at radius 3 is 2.75 bits per heavy atom. The summed E-state index contributed by atoms with van der Waals surface area (Å²) >= 11 is 0. The van der Waals surface area contributed by atoms with Gasteiger partial charge in [-0.3, -0.25) is 9.18 Å². The van der Waals surface area contributed by atoms with Crippen molar-refractivity contribution in [3.63, 3.8) is 0 Å². The van der Waals surface area contributed by atoms with Crippen molar-refractivity contribution in [3.05, 3.63) is 35.9 Å². The van der Waals surface area contributed by atoms with Gasteiger partial charge in [0.2, 0.25) is 5.91 Å². The number of nitrogens with one attached hydrogen (secondary N) is 2. The number of carbonyl (C=O) groups is 1. The third-order valence-corrected chi connectivity index (χ3v) is 8.29. The molecule has 2 N–H and O–H groups in total. The summed E-state index contributed by atoms with van der Waals surface area (Å²) in [6, 6.07) is 11.4. The zero-order chi connectivity index (χ0) is 19.4. The Labute approximate surface area is 167 Å². The molecule has 28 heavy (non-hydrogen) atoms. The summed E-state index contributed by atoms with van der Waals surface area (Å²) in [6.07, 6.45) is 7.58. The number of benzene rings is 1. The van der Waals surface area contributed by atoms with Crippen LogP contribution in [0.2, 0.25) is 0 Å². The number of halogens is 1. The first kappa shape index (κ1) is 18.6. The van der Waals surface area contributed by atoms with Crippen LogP contribution in [0.4, 0.5) is 4.39 Å². The second kappa shape index (κ2) is 6.55. The molecule has 0 radical (unpaired) electrons. The van der Waals surface area contributed by atoms with Crippen LogP contribution in [0.15, 0.2) is 30.3 Å². The highest BCUT2D eigenvalue weighted by molar-refractivity contribution is 5.84. The van der Waals surface area contributed by atoms with Gasteiger partial charge >= 0.3 is 0 Å². The first-order valence-corrected chi connectivity index (χ1v) is 11.1. The molecule has 0 aromatic heterocycles. The zero-order valence-corrected chi connectivity index (χ0v) is 17.0. The molecule has 1 heterocycles. The number of rotatable bonds is 4. The normalized spacial score (nSPS) is 44.4. The Balaban J connectivity index is 1.46. The lowest BCUT2D eigenvalue weighted by Gasteiger charge is -2.65. The van der Waals surface area contributed by atoms with E-state index in [0.29, 0.717) is 12.0 Å². The van der Waals surface area contributed by atoms with Gasteiger partial charge in [0.1, 0.15) is 0 Å². The molecule has 6 atom stereocenters. The Morgan fingerprint density at radius 1 is 1.18 bits per heavy atom. The third kappa shape index (κ3) is 2.91. The van der Waals surface area contributed by atoms with E-state index in [0.717, 1.165) is 57.9 Å². The Bertz CT molecular complexity index is 754. The van der Waals surface area contributed by atoms with E-state index in [1.807, 2.05) is 0 Å². The average molecular weight is 385 g/mol. The van der Waals surface area contributed by atoms with Crippen LogP contribution < -0.4 is 10.6 Å². The van der Waals surface area contributed by atoms with Gasteiger partial charge in [-0.2, -0.15) is 0 Å². The van der Waals surface area contributed by atoms with Gasteiger partial charge in [0, 0.05) is 17.5 Å². The average Bonchev–Trinajstić information content (AvgIpc) is 2.68. The molecular formula is C24H33FN2O. The molecule has 2 unspecified atom stereocenters. The topological polar surface area (TPSA) is 41.1 Å². The zero-order valence-electron chi connectivity index (χ0n) is 17.0. The number of amides is 1. The van der Waals surface area contributed by atoms with Crippen molar-refractivity contribution in [2.45, 2.75) is 75.8 Å². The lowest BCUT2D eigenvalue weighted by molar-refractivity contribution is -0.166. The van der Waals surface area contributed by atoms with Crippen LogP contribution >= 0.6 is 0 Å². The van der Waals surface area contributed by atoms with E-state index in [9.17, 15) is 9.18 Å². The summed E-state index contributed by atoms with van der Waals surface area (Å²) in [5, 5.41) is 6.88. The minimum absolute atomic E-state index is 0.0223. The molecule has 0 spiro atoms. The first-order valence-electron chi connectivity index (χ1n) is 11.1. The van der Waals surface area contributed by atoms with Gasteiger partial charge in [-0.1, -0.05) is 30.3 Å². The fourth-order valence-electron chi connectivity index (χ4n) is 7.76. The van der Waals surface area contributed by atoms with E-state index in [2.05, 4.69) is 47.9 Å². The number of hydrogen-bond donors (Lipinski definition) is 2. The molecule has 1 aromatic rings. The second-order valence-electron chi connectivity index (χ2n) is 10.6. The van der Waals surface area contributed by atoms with Gasteiger partial charge in [-0.05, 0) is 81.7 Å². The quantitative estimate of drug-likeness (QED) is 0.820. The molecule has 4 heteroatoms. The standard InChI is InChI=1S/C24H33FN2O/c1-17-9-20(7-8-26-17)27-21(28)24-12-18-10-22(14-24,16-25)13-23(11-18,15-24)19-5-3-2-4-6-19/h2-6,17-18,20,26H,7-16H2,1H3,(H,27,28)/t17-,18?,20-,22-,23+,24?/m0/s1. The van der Waals surface area contributed by atoms with Crippen LogP contribution in [0.5, 0.6) is 0 Å². The van der Waals surface area contributed by atoms with E-state index in [1.165, 1.54) is 5.56 Å². The van der Waals surface area contributed by atoms with E-state index in [4.69, 9.17) is 0 Å². The molecule has 4 aliphatic carbocycles. The van der Waals surface area contributed by atoms with Crippen molar-refractivity contribution in [3.8, 4) is 0 Å². The predicted octanol–water partition coefficient (Wildman–Crippen LogP) is 4.12. The van der Waals surface area contributed by atoms with Crippen molar-refractivity contribution >= 4 is 5.91 Å². The highest BCUT2D eigenvalue weighted by atomic mass is 19.1. The van der Waals surface area contributed by atoms with Crippen LogP contribution in [0.25, 0.3) is 0 Å². The Hall–Kier alpha value is -1.42. The molecule has 5 fully saturated rings. The largest absolute Gasteiger partial charge is 0.353 e.